The summed E-state index contributed by atoms with van der Waals surface area (Å²) in [4.78, 5) is 22.4. The molecule has 1 aromatic heterocycles. The van der Waals surface area contributed by atoms with Crippen molar-refractivity contribution in [1.82, 2.24) is 14.2 Å². The van der Waals surface area contributed by atoms with E-state index in [0.29, 0.717) is 43.3 Å². The highest BCUT2D eigenvalue weighted by Crippen LogP contribution is 2.33. The molecule has 0 aliphatic carbocycles. The lowest BCUT2D eigenvalue weighted by molar-refractivity contribution is 0.0985. The fourth-order valence-electron chi connectivity index (χ4n) is 4.81. The minimum Gasteiger partial charge on any atom is -0.308 e. The van der Waals surface area contributed by atoms with Crippen LogP contribution in [0.1, 0.15) is 32.6 Å². The molecule has 0 fully saturated rings. The third-order valence-corrected chi connectivity index (χ3v) is 9.78. The van der Waals surface area contributed by atoms with Crippen LogP contribution < -0.4 is 4.90 Å². The van der Waals surface area contributed by atoms with Crippen molar-refractivity contribution in [2.75, 3.05) is 38.6 Å². The van der Waals surface area contributed by atoms with Crippen LogP contribution >= 0.6 is 11.3 Å². The number of anilines is 1. The second-order valence-electron chi connectivity index (χ2n) is 10.1. The van der Waals surface area contributed by atoms with Crippen molar-refractivity contribution in [1.29, 1.82) is 0 Å². The molecule has 0 spiro atoms. The fraction of sp³-hybridized carbons (Fsp3) is 0.310. The Labute approximate surface area is 228 Å². The van der Waals surface area contributed by atoms with Crippen molar-refractivity contribution in [3.8, 4) is 0 Å². The molecule has 1 aliphatic rings. The van der Waals surface area contributed by atoms with Crippen molar-refractivity contribution >= 4 is 42.6 Å². The van der Waals surface area contributed by atoms with Crippen LogP contribution in [0.3, 0.4) is 0 Å². The standard InChI is InChI=1S/C29H32N4O3S2/c1-20-17-21(2)27-26(18-20)37-29(30-27)33(16-15-31(3)4)28(34)23-9-11-25(12-10-23)38(35,36)32-14-13-22-7-5-6-8-24(22)19-32/h5-12,17-18H,13-16,19H2,1-4H3. The van der Waals surface area contributed by atoms with Crippen LogP contribution in [0.25, 0.3) is 10.2 Å². The molecular formula is C29H32N4O3S2. The Bertz CT molecular complexity index is 1590. The normalized spacial score (nSPS) is 14.1. The minimum atomic E-state index is -3.68. The van der Waals surface area contributed by atoms with E-state index in [9.17, 15) is 13.2 Å². The Hall–Kier alpha value is -3.11. The summed E-state index contributed by atoms with van der Waals surface area (Å²) in [7, 11) is 0.255. The summed E-state index contributed by atoms with van der Waals surface area (Å²) in [6, 6.07) is 18.4. The molecule has 0 atom stereocenters. The maximum atomic E-state index is 13.7. The highest BCUT2D eigenvalue weighted by atomic mass is 32.2. The monoisotopic (exact) mass is 548 g/mol. The first kappa shape index (κ1) is 26.5. The lowest BCUT2D eigenvalue weighted by Gasteiger charge is -2.28. The summed E-state index contributed by atoms with van der Waals surface area (Å²) in [5.74, 6) is -0.198. The number of aromatic nitrogens is 1. The molecule has 0 radical (unpaired) electrons. The van der Waals surface area contributed by atoms with E-state index in [1.54, 1.807) is 29.2 Å². The van der Waals surface area contributed by atoms with Crippen molar-refractivity contribution in [3.05, 3.63) is 88.5 Å². The number of carbonyl (C=O) groups excluding carboxylic acids is 1. The lowest BCUT2D eigenvalue weighted by Crippen LogP contribution is -2.37. The maximum Gasteiger partial charge on any atom is 0.260 e. The number of aryl methyl sites for hydroxylation is 2. The summed E-state index contributed by atoms with van der Waals surface area (Å²) in [6.45, 7) is 6.02. The molecule has 0 N–H and O–H groups in total. The van der Waals surface area contributed by atoms with Gasteiger partial charge in [0, 0.05) is 31.7 Å². The van der Waals surface area contributed by atoms with Crippen LogP contribution in [0, 0.1) is 13.8 Å². The first-order valence-corrected chi connectivity index (χ1v) is 14.9. The van der Waals surface area contributed by atoms with Crippen LogP contribution in [0.4, 0.5) is 5.13 Å². The maximum absolute atomic E-state index is 13.7. The van der Waals surface area contributed by atoms with Gasteiger partial charge in [-0.3, -0.25) is 9.69 Å². The Morgan fingerprint density at radius 3 is 2.42 bits per heavy atom. The number of fused-ring (bicyclic) bond motifs is 2. The summed E-state index contributed by atoms with van der Waals surface area (Å²) >= 11 is 1.50. The molecule has 2 heterocycles. The number of carbonyl (C=O) groups is 1. The molecule has 9 heteroatoms. The average Bonchev–Trinajstić information content (AvgIpc) is 3.32. The number of benzene rings is 3. The zero-order valence-corrected chi connectivity index (χ0v) is 23.8. The highest BCUT2D eigenvalue weighted by molar-refractivity contribution is 7.89. The zero-order valence-electron chi connectivity index (χ0n) is 22.1. The average molecular weight is 549 g/mol. The number of sulfonamides is 1. The molecule has 1 aliphatic heterocycles. The molecule has 4 aromatic rings. The molecule has 0 unspecified atom stereocenters. The summed E-state index contributed by atoms with van der Waals surface area (Å²) in [6.07, 6.45) is 0.688. The van der Waals surface area contributed by atoms with Gasteiger partial charge in [0.15, 0.2) is 5.13 Å². The van der Waals surface area contributed by atoms with E-state index in [4.69, 9.17) is 4.98 Å². The predicted octanol–water partition coefficient (Wildman–Crippen LogP) is 4.87. The van der Waals surface area contributed by atoms with Crippen LogP contribution in [0.15, 0.2) is 65.6 Å². The van der Waals surface area contributed by atoms with Gasteiger partial charge in [0.1, 0.15) is 0 Å². The molecule has 5 rings (SSSR count). The first-order valence-electron chi connectivity index (χ1n) is 12.6. The smallest absolute Gasteiger partial charge is 0.260 e. The van der Waals surface area contributed by atoms with Crippen molar-refractivity contribution in [3.63, 3.8) is 0 Å². The van der Waals surface area contributed by atoms with Crippen LogP contribution in [0.2, 0.25) is 0 Å². The SMILES string of the molecule is Cc1cc(C)c2nc(N(CCN(C)C)C(=O)c3ccc(S(=O)(=O)N4CCc5ccccc5C4)cc3)sc2c1. The molecule has 3 aromatic carbocycles. The van der Waals surface area contributed by atoms with Gasteiger partial charge < -0.3 is 4.90 Å². The molecular weight excluding hydrogens is 516 g/mol. The molecule has 0 saturated heterocycles. The van der Waals surface area contributed by atoms with Crippen molar-refractivity contribution in [2.45, 2.75) is 31.7 Å². The van der Waals surface area contributed by atoms with Gasteiger partial charge in [-0.25, -0.2) is 13.4 Å². The van der Waals surface area contributed by atoms with Crippen LogP contribution in [0.5, 0.6) is 0 Å². The molecule has 38 heavy (non-hydrogen) atoms. The number of thiazole rings is 1. The molecule has 7 nitrogen and oxygen atoms in total. The van der Waals surface area contributed by atoms with Gasteiger partial charge in [-0.05, 0) is 86.9 Å². The van der Waals surface area contributed by atoms with Gasteiger partial charge in [0.25, 0.3) is 5.91 Å². The van der Waals surface area contributed by atoms with Crippen molar-refractivity contribution in [2.24, 2.45) is 0 Å². The third-order valence-electron chi connectivity index (χ3n) is 6.90. The Morgan fingerprint density at radius 1 is 1.00 bits per heavy atom. The first-order chi connectivity index (χ1) is 18.1. The molecule has 0 saturated carbocycles. The third kappa shape index (κ3) is 5.24. The number of hydrogen-bond acceptors (Lipinski definition) is 6. The predicted molar refractivity (Wildman–Crippen MR) is 154 cm³/mol. The van der Waals surface area contributed by atoms with Gasteiger partial charge >= 0.3 is 0 Å². The number of hydrogen-bond donors (Lipinski definition) is 0. The molecule has 1 amide bonds. The minimum absolute atomic E-state index is 0.194. The Balaban J connectivity index is 1.41. The quantitative estimate of drug-likeness (QED) is 0.330. The number of rotatable bonds is 7. The summed E-state index contributed by atoms with van der Waals surface area (Å²) < 4.78 is 29.3. The Morgan fingerprint density at radius 2 is 1.71 bits per heavy atom. The van der Waals surface area contributed by atoms with Crippen LogP contribution in [-0.2, 0) is 23.0 Å². The second-order valence-corrected chi connectivity index (χ2v) is 13.0. The number of amides is 1. The fourth-order valence-corrected chi connectivity index (χ4v) is 7.39. The van der Waals surface area contributed by atoms with E-state index >= 15 is 0 Å². The van der Waals surface area contributed by atoms with E-state index in [2.05, 4.69) is 25.1 Å². The van der Waals surface area contributed by atoms with E-state index < -0.39 is 10.0 Å². The van der Waals surface area contributed by atoms with E-state index in [1.807, 2.05) is 44.1 Å². The van der Waals surface area contributed by atoms with E-state index in [-0.39, 0.29) is 10.8 Å². The molecule has 0 bridgehead atoms. The van der Waals surface area contributed by atoms with Gasteiger partial charge in [-0.2, -0.15) is 4.31 Å². The van der Waals surface area contributed by atoms with Gasteiger partial charge in [0.05, 0.1) is 15.1 Å². The van der Waals surface area contributed by atoms with E-state index in [1.165, 1.54) is 21.2 Å². The zero-order chi connectivity index (χ0) is 27.0. The Kier molecular flexibility index (Phi) is 7.37. The van der Waals surface area contributed by atoms with E-state index in [0.717, 1.165) is 26.9 Å². The largest absolute Gasteiger partial charge is 0.308 e. The summed E-state index contributed by atoms with van der Waals surface area (Å²) in [5.41, 5.74) is 5.80. The van der Waals surface area contributed by atoms with Gasteiger partial charge in [0.2, 0.25) is 10.0 Å². The summed E-state index contributed by atoms with van der Waals surface area (Å²) in [5, 5.41) is 0.643. The topological polar surface area (TPSA) is 73.8 Å². The van der Waals surface area contributed by atoms with Gasteiger partial charge in [-0.1, -0.05) is 41.7 Å². The van der Waals surface area contributed by atoms with Crippen LogP contribution in [-0.4, -0.2) is 62.2 Å². The second kappa shape index (κ2) is 10.6. The highest BCUT2D eigenvalue weighted by Gasteiger charge is 2.29. The van der Waals surface area contributed by atoms with Gasteiger partial charge in [-0.15, -0.1) is 0 Å². The number of likely N-dealkylation sites (N-methyl/N-ethyl adjacent to an activating group) is 1. The lowest BCUT2D eigenvalue weighted by atomic mass is 10.0. The molecule has 198 valence electrons. The van der Waals surface area contributed by atoms with Crippen molar-refractivity contribution < 1.29 is 13.2 Å². The number of nitrogens with zero attached hydrogens (tertiary/aromatic N) is 4.